The van der Waals surface area contributed by atoms with E-state index in [9.17, 15) is 13.6 Å². The third-order valence-electron chi connectivity index (χ3n) is 2.83. The van der Waals surface area contributed by atoms with Crippen molar-refractivity contribution in [2.24, 2.45) is 0 Å². The average molecular weight is 285 g/mol. The molecule has 2 rings (SSSR count). The lowest BCUT2D eigenvalue weighted by Crippen LogP contribution is -2.30. The summed E-state index contributed by atoms with van der Waals surface area (Å²) in [6.45, 7) is 1.20. The number of carbonyl (C=O) groups excluding carboxylic acids is 1. The highest BCUT2D eigenvalue weighted by atomic mass is 19.3. The zero-order chi connectivity index (χ0) is 14.4. The molecule has 0 aromatic heterocycles. The molecule has 3 N–H and O–H groups in total. The minimum absolute atomic E-state index is 0.0663. The van der Waals surface area contributed by atoms with E-state index in [1.165, 1.54) is 0 Å². The van der Waals surface area contributed by atoms with Crippen LogP contribution in [0.15, 0.2) is 18.2 Å². The summed E-state index contributed by atoms with van der Waals surface area (Å²) in [6, 6.07) is 5.40. The van der Waals surface area contributed by atoms with Crippen LogP contribution in [-0.4, -0.2) is 45.2 Å². The molecule has 0 fully saturated rings. The van der Waals surface area contributed by atoms with Gasteiger partial charge in [-0.2, -0.15) is 0 Å². The largest absolute Gasteiger partial charge is 0.382 e. The van der Waals surface area contributed by atoms with E-state index in [-0.39, 0.29) is 19.1 Å². The van der Waals surface area contributed by atoms with Gasteiger partial charge in [0.05, 0.1) is 23.5 Å². The number of alkyl halides is 2. The van der Waals surface area contributed by atoms with Gasteiger partial charge in [0.2, 0.25) is 0 Å². The third kappa shape index (κ3) is 3.80. The highest BCUT2D eigenvalue weighted by Crippen LogP contribution is 2.28. The Balaban J connectivity index is 1.86. The molecule has 0 unspecified atom stereocenters. The number of fused-ring (bicyclic) bond motifs is 1. The first kappa shape index (κ1) is 14.5. The summed E-state index contributed by atoms with van der Waals surface area (Å²) < 4.78 is 28.4. The lowest BCUT2D eigenvalue weighted by molar-refractivity contribution is 0.0188. The first-order valence-electron chi connectivity index (χ1n) is 6.43. The van der Waals surface area contributed by atoms with Crippen LogP contribution in [0, 0.1) is 0 Å². The topological polar surface area (TPSA) is 62.4 Å². The van der Waals surface area contributed by atoms with Crippen LogP contribution in [-0.2, 0) is 4.74 Å². The van der Waals surface area contributed by atoms with Gasteiger partial charge in [0, 0.05) is 19.6 Å². The van der Waals surface area contributed by atoms with Gasteiger partial charge in [-0.3, -0.25) is 4.79 Å². The number of para-hydroxylation sites is 1. The molecule has 1 amide bonds. The third-order valence-corrected chi connectivity index (χ3v) is 2.83. The smallest absolute Gasteiger partial charge is 0.261 e. The summed E-state index contributed by atoms with van der Waals surface area (Å²) in [5, 5.41) is 9.02. The molecule has 0 aliphatic carbocycles. The molecule has 1 aromatic rings. The fraction of sp³-hybridized carbons (Fsp3) is 0.462. The number of rotatable bonds is 6. The molecule has 0 radical (unpaired) electrons. The Kier molecular flexibility index (Phi) is 5.11. The number of amides is 1. The summed E-state index contributed by atoms with van der Waals surface area (Å²) >= 11 is 0. The highest BCUT2D eigenvalue weighted by molar-refractivity contribution is 6.02. The zero-order valence-electron chi connectivity index (χ0n) is 10.9. The number of hydrogen-bond acceptors (Lipinski definition) is 4. The molecule has 7 heteroatoms. The Morgan fingerprint density at radius 3 is 2.95 bits per heavy atom. The first-order valence-corrected chi connectivity index (χ1v) is 6.43. The summed E-state index contributed by atoms with van der Waals surface area (Å²) in [5.41, 5.74) is 2.19. The van der Waals surface area contributed by atoms with Gasteiger partial charge >= 0.3 is 0 Å². The van der Waals surface area contributed by atoms with Gasteiger partial charge in [0.15, 0.2) is 0 Å². The monoisotopic (exact) mass is 285 g/mol. The number of nitrogens with one attached hydrogen (secondary N) is 3. The molecule has 0 spiro atoms. The second kappa shape index (κ2) is 7.04. The van der Waals surface area contributed by atoms with Crippen molar-refractivity contribution in [1.82, 2.24) is 5.32 Å². The van der Waals surface area contributed by atoms with Crippen molar-refractivity contribution in [3.63, 3.8) is 0 Å². The summed E-state index contributed by atoms with van der Waals surface area (Å²) in [4.78, 5) is 12.0. The van der Waals surface area contributed by atoms with Crippen LogP contribution in [0.5, 0.6) is 0 Å². The molecular weight excluding hydrogens is 268 g/mol. The number of ether oxygens (including phenoxy) is 1. The van der Waals surface area contributed by atoms with E-state index >= 15 is 0 Å². The number of hydrogen-bond donors (Lipinski definition) is 3. The fourth-order valence-corrected chi connectivity index (χ4v) is 1.97. The second-order valence-electron chi connectivity index (χ2n) is 4.30. The average Bonchev–Trinajstić information content (AvgIpc) is 2.45. The van der Waals surface area contributed by atoms with Gasteiger partial charge in [-0.05, 0) is 12.1 Å². The molecule has 110 valence electrons. The molecule has 1 heterocycles. The number of carbonyl (C=O) groups is 1. The number of anilines is 2. The van der Waals surface area contributed by atoms with Crippen molar-refractivity contribution in [2.75, 3.05) is 43.5 Å². The van der Waals surface area contributed by atoms with Crippen molar-refractivity contribution >= 4 is 17.3 Å². The lowest BCUT2D eigenvalue weighted by atomic mass is 10.1. The molecule has 0 atom stereocenters. The quantitative estimate of drug-likeness (QED) is 0.694. The van der Waals surface area contributed by atoms with Crippen LogP contribution in [0.4, 0.5) is 20.2 Å². The van der Waals surface area contributed by atoms with Crippen molar-refractivity contribution in [1.29, 1.82) is 0 Å². The molecule has 0 saturated carbocycles. The highest BCUT2D eigenvalue weighted by Gasteiger charge is 2.16. The molecule has 1 aliphatic rings. The van der Waals surface area contributed by atoms with E-state index in [1.807, 2.05) is 6.07 Å². The summed E-state index contributed by atoms with van der Waals surface area (Å²) in [7, 11) is 0. The van der Waals surface area contributed by atoms with Gasteiger partial charge in [0.1, 0.15) is 6.61 Å². The maximum atomic E-state index is 12.0. The van der Waals surface area contributed by atoms with Crippen molar-refractivity contribution in [3.05, 3.63) is 23.8 Å². The van der Waals surface area contributed by atoms with Crippen LogP contribution in [0.2, 0.25) is 0 Å². The molecule has 1 aromatic carbocycles. The number of halogens is 2. The van der Waals surface area contributed by atoms with Gasteiger partial charge in [0.25, 0.3) is 12.3 Å². The fourth-order valence-electron chi connectivity index (χ4n) is 1.97. The van der Waals surface area contributed by atoms with Gasteiger partial charge in [-0.1, -0.05) is 6.07 Å². The normalized spacial score (nSPS) is 13.3. The van der Waals surface area contributed by atoms with E-state index in [0.717, 1.165) is 24.5 Å². The Bertz CT molecular complexity index is 469. The maximum Gasteiger partial charge on any atom is 0.261 e. The van der Waals surface area contributed by atoms with Crippen molar-refractivity contribution in [2.45, 2.75) is 6.43 Å². The Hall–Kier alpha value is -1.89. The van der Waals surface area contributed by atoms with Crippen molar-refractivity contribution in [3.8, 4) is 0 Å². The standard InChI is InChI=1S/C13H17F2N3O2/c14-11(15)8-20-7-6-18-13(19)9-2-1-3-10-12(9)17-5-4-16-10/h1-3,11,16-17H,4-8H2,(H,18,19). The lowest BCUT2D eigenvalue weighted by Gasteiger charge is -2.22. The predicted molar refractivity (Wildman–Crippen MR) is 72.6 cm³/mol. The maximum absolute atomic E-state index is 12.0. The molecular formula is C13H17F2N3O2. The predicted octanol–water partition coefficient (Wildman–Crippen LogP) is 1.54. The first-order chi connectivity index (χ1) is 9.68. The molecule has 20 heavy (non-hydrogen) atoms. The van der Waals surface area contributed by atoms with Crippen LogP contribution >= 0.6 is 0 Å². The van der Waals surface area contributed by atoms with Gasteiger partial charge in [-0.25, -0.2) is 8.78 Å². The minimum Gasteiger partial charge on any atom is -0.382 e. The van der Waals surface area contributed by atoms with Crippen LogP contribution in [0.25, 0.3) is 0 Å². The van der Waals surface area contributed by atoms with Gasteiger partial charge < -0.3 is 20.7 Å². The van der Waals surface area contributed by atoms with Crippen LogP contribution in [0.1, 0.15) is 10.4 Å². The molecule has 1 aliphatic heterocycles. The Morgan fingerprint density at radius 1 is 1.35 bits per heavy atom. The SMILES string of the molecule is O=C(NCCOCC(F)F)c1cccc2c1NCCN2. The molecule has 0 bridgehead atoms. The zero-order valence-corrected chi connectivity index (χ0v) is 10.9. The van der Waals surface area contributed by atoms with E-state index in [0.29, 0.717) is 5.56 Å². The summed E-state index contributed by atoms with van der Waals surface area (Å²) in [6.07, 6.45) is -2.48. The van der Waals surface area contributed by atoms with Gasteiger partial charge in [-0.15, -0.1) is 0 Å². The Morgan fingerprint density at radius 2 is 2.15 bits per heavy atom. The molecule has 5 nitrogen and oxygen atoms in total. The number of benzene rings is 1. The van der Waals surface area contributed by atoms with E-state index in [1.54, 1.807) is 12.1 Å². The van der Waals surface area contributed by atoms with E-state index in [2.05, 4.69) is 16.0 Å². The summed E-state index contributed by atoms with van der Waals surface area (Å²) in [5.74, 6) is -0.251. The van der Waals surface area contributed by atoms with Crippen molar-refractivity contribution < 1.29 is 18.3 Å². The molecule has 0 saturated heterocycles. The van der Waals surface area contributed by atoms with Crippen LogP contribution < -0.4 is 16.0 Å². The minimum atomic E-state index is -2.48. The Labute approximate surface area is 115 Å². The van der Waals surface area contributed by atoms with E-state index in [4.69, 9.17) is 4.74 Å². The van der Waals surface area contributed by atoms with E-state index < -0.39 is 13.0 Å². The second-order valence-corrected chi connectivity index (χ2v) is 4.30. The van der Waals surface area contributed by atoms with Crippen LogP contribution in [0.3, 0.4) is 0 Å².